The summed E-state index contributed by atoms with van der Waals surface area (Å²) in [5.41, 5.74) is -1.23. The minimum Gasteiger partial charge on any atom is -0.395 e. The maximum atomic E-state index is 10.2. The Bertz CT molecular complexity index is 196. The average Bonchev–Trinajstić information content (AvgIpc) is 2.29. The molecular weight excluding hydrogens is 232 g/mol. The molecule has 0 saturated carbocycles. The first-order chi connectivity index (χ1) is 8.43. The lowest BCUT2D eigenvalue weighted by Gasteiger charge is -2.41. The van der Waals surface area contributed by atoms with E-state index in [-0.39, 0.29) is 0 Å². The second kappa shape index (κ2) is 8.86. The summed E-state index contributed by atoms with van der Waals surface area (Å²) in [6, 6.07) is 0. The first kappa shape index (κ1) is 17.8. The van der Waals surface area contributed by atoms with Crippen LogP contribution >= 0.6 is 0 Å². The first-order valence-corrected chi connectivity index (χ1v) is 7.08. The molecule has 0 rings (SSSR count). The minimum atomic E-state index is -1.23. The van der Waals surface area contributed by atoms with Gasteiger partial charge in [-0.3, -0.25) is 0 Å². The second-order valence-corrected chi connectivity index (χ2v) is 5.34. The van der Waals surface area contributed by atoms with Gasteiger partial charge in [0, 0.05) is 0 Å². The summed E-state index contributed by atoms with van der Waals surface area (Å²) in [7, 11) is 0. The zero-order chi connectivity index (χ0) is 14.2. The molecule has 3 atom stereocenters. The Morgan fingerprint density at radius 3 is 1.78 bits per heavy atom. The highest BCUT2D eigenvalue weighted by Crippen LogP contribution is 2.33. The predicted molar refractivity (Wildman–Crippen MR) is 72.3 cm³/mol. The van der Waals surface area contributed by atoms with E-state index in [9.17, 15) is 20.4 Å². The van der Waals surface area contributed by atoms with Gasteiger partial charge in [-0.1, -0.05) is 39.0 Å². The van der Waals surface area contributed by atoms with Crippen LogP contribution in [0.2, 0.25) is 0 Å². The summed E-state index contributed by atoms with van der Waals surface area (Å²) in [4.78, 5) is 0. The SMILES string of the molecule is CCCCCCCC(O)C(CO)(C(C)O)C(C)O. The zero-order valence-electron chi connectivity index (χ0n) is 12.0. The quantitative estimate of drug-likeness (QED) is 0.449. The molecule has 18 heavy (non-hydrogen) atoms. The number of aliphatic hydroxyl groups excluding tert-OH is 4. The highest BCUT2D eigenvalue weighted by atomic mass is 16.3. The van der Waals surface area contributed by atoms with Crippen molar-refractivity contribution >= 4 is 0 Å². The predicted octanol–water partition coefficient (Wildman–Crippen LogP) is 1.45. The van der Waals surface area contributed by atoms with E-state index in [4.69, 9.17) is 0 Å². The molecule has 4 N–H and O–H groups in total. The van der Waals surface area contributed by atoms with Gasteiger partial charge in [0.2, 0.25) is 0 Å². The van der Waals surface area contributed by atoms with E-state index < -0.39 is 30.3 Å². The maximum absolute atomic E-state index is 10.2. The van der Waals surface area contributed by atoms with Gasteiger partial charge in [-0.25, -0.2) is 0 Å². The van der Waals surface area contributed by atoms with Gasteiger partial charge in [0.1, 0.15) is 0 Å². The summed E-state index contributed by atoms with van der Waals surface area (Å²) in [6.45, 7) is 4.73. The molecule has 0 heterocycles. The minimum absolute atomic E-state index is 0.418. The molecule has 0 aromatic rings. The van der Waals surface area contributed by atoms with Gasteiger partial charge in [-0.2, -0.15) is 0 Å². The first-order valence-electron chi connectivity index (χ1n) is 7.08. The van der Waals surface area contributed by atoms with E-state index >= 15 is 0 Å². The van der Waals surface area contributed by atoms with Crippen LogP contribution in [0.3, 0.4) is 0 Å². The van der Waals surface area contributed by atoms with E-state index in [0.717, 1.165) is 19.3 Å². The van der Waals surface area contributed by atoms with Crippen LogP contribution in [0, 0.1) is 5.41 Å². The van der Waals surface area contributed by atoms with Crippen LogP contribution in [-0.2, 0) is 0 Å². The Morgan fingerprint density at radius 2 is 1.39 bits per heavy atom. The highest BCUT2D eigenvalue weighted by molar-refractivity contribution is 4.94. The van der Waals surface area contributed by atoms with Crippen molar-refractivity contribution in [2.24, 2.45) is 5.41 Å². The van der Waals surface area contributed by atoms with Crippen LogP contribution in [0.4, 0.5) is 0 Å². The van der Waals surface area contributed by atoms with E-state index in [2.05, 4.69) is 6.92 Å². The highest BCUT2D eigenvalue weighted by Gasteiger charge is 2.45. The van der Waals surface area contributed by atoms with Gasteiger partial charge in [-0.15, -0.1) is 0 Å². The van der Waals surface area contributed by atoms with E-state index in [1.807, 2.05) is 0 Å². The Hall–Kier alpha value is -0.160. The summed E-state index contributed by atoms with van der Waals surface area (Å²) in [5.74, 6) is 0. The molecule has 0 fully saturated rings. The fourth-order valence-electron chi connectivity index (χ4n) is 2.49. The van der Waals surface area contributed by atoms with Crippen molar-refractivity contribution in [2.45, 2.75) is 77.6 Å². The normalized spacial score (nSPS) is 20.2. The average molecular weight is 262 g/mol. The third-order valence-corrected chi connectivity index (χ3v) is 4.03. The molecule has 0 aliphatic rings. The van der Waals surface area contributed by atoms with Crippen LogP contribution in [0.1, 0.15) is 59.3 Å². The van der Waals surface area contributed by atoms with Crippen molar-refractivity contribution in [3.63, 3.8) is 0 Å². The number of rotatable bonds is 10. The molecular formula is C14H30O4. The van der Waals surface area contributed by atoms with Crippen LogP contribution in [0.25, 0.3) is 0 Å². The Morgan fingerprint density at radius 1 is 0.889 bits per heavy atom. The molecule has 0 amide bonds. The van der Waals surface area contributed by atoms with Crippen molar-refractivity contribution in [3.8, 4) is 0 Å². The van der Waals surface area contributed by atoms with Gasteiger partial charge in [-0.05, 0) is 20.3 Å². The lowest BCUT2D eigenvalue weighted by atomic mass is 9.72. The molecule has 0 radical (unpaired) electrons. The lowest BCUT2D eigenvalue weighted by molar-refractivity contribution is -0.152. The zero-order valence-corrected chi connectivity index (χ0v) is 12.0. The molecule has 0 aromatic carbocycles. The summed E-state index contributed by atoms with van der Waals surface area (Å²) in [6.07, 6.45) is 3.09. The van der Waals surface area contributed by atoms with E-state index in [0.29, 0.717) is 6.42 Å². The van der Waals surface area contributed by atoms with E-state index in [1.165, 1.54) is 26.7 Å². The molecule has 4 heteroatoms. The van der Waals surface area contributed by atoms with E-state index in [1.54, 1.807) is 0 Å². The molecule has 110 valence electrons. The Labute approximate surface area is 111 Å². The fourth-order valence-corrected chi connectivity index (χ4v) is 2.49. The molecule has 4 nitrogen and oxygen atoms in total. The molecule has 0 bridgehead atoms. The second-order valence-electron chi connectivity index (χ2n) is 5.34. The van der Waals surface area contributed by atoms with Gasteiger partial charge >= 0.3 is 0 Å². The smallest absolute Gasteiger partial charge is 0.0705 e. The maximum Gasteiger partial charge on any atom is 0.0705 e. The largest absolute Gasteiger partial charge is 0.395 e. The monoisotopic (exact) mass is 262 g/mol. The number of aliphatic hydroxyl groups is 4. The van der Waals surface area contributed by atoms with Gasteiger partial charge in [0.05, 0.1) is 30.3 Å². The summed E-state index contributed by atoms with van der Waals surface area (Å²) in [5, 5.41) is 39.2. The number of hydrogen-bond acceptors (Lipinski definition) is 4. The number of unbranched alkanes of at least 4 members (excludes halogenated alkanes) is 4. The van der Waals surface area contributed by atoms with Crippen molar-refractivity contribution < 1.29 is 20.4 Å². The van der Waals surface area contributed by atoms with Crippen LogP contribution in [-0.4, -0.2) is 45.3 Å². The Kier molecular flexibility index (Phi) is 8.78. The molecule has 0 aliphatic heterocycles. The van der Waals surface area contributed by atoms with Crippen molar-refractivity contribution in [3.05, 3.63) is 0 Å². The van der Waals surface area contributed by atoms with Crippen molar-refractivity contribution in [1.29, 1.82) is 0 Å². The third-order valence-electron chi connectivity index (χ3n) is 4.03. The fraction of sp³-hybridized carbons (Fsp3) is 1.00. The Balaban J connectivity index is 4.35. The molecule has 0 spiro atoms. The molecule has 3 unspecified atom stereocenters. The van der Waals surface area contributed by atoms with Crippen molar-refractivity contribution in [2.75, 3.05) is 6.61 Å². The van der Waals surface area contributed by atoms with Gasteiger partial charge < -0.3 is 20.4 Å². The standard InChI is InChI=1S/C14H30O4/c1-4-5-6-7-8-9-13(18)14(10-15,11(2)16)12(3)17/h11-13,15-18H,4-10H2,1-3H3. The third kappa shape index (κ3) is 4.50. The summed E-state index contributed by atoms with van der Waals surface area (Å²) >= 11 is 0. The van der Waals surface area contributed by atoms with Gasteiger partial charge in [0.15, 0.2) is 0 Å². The topological polar surface area (TPSA) is 80.9 Å². The molecule has 0 saturated heterocycles. The van der Waals surface area contributed by atoms with Crippen LogP contribution in [0.5, 0.6) is 0 Å². The van der Waals surface area contributed by atoms with Crippen LogP contribution in [0.15, 0.2) is 0 Å². The van der Waals surface area contributed by atoms with Crippen LogP contribution < -0.4 is 0 Å². The van der Waals surface area contributed by atoms with Gasteiger partial charge in [0.25, 0.3) is 0 Å². The number of hydrogen-bond donors (Lipinski definition) is 4. The van der Waals surface area contributed by atoms with Crippen molar-refractivity contribution in [1.82, 2.24) is 0 Å². The summed E-state index contributed by atoms with van der Waals surface area (Å²) < 4.78 is 0. The lowest BCUT2D eigenvalue weighted by Crippen LogP contribution is -2.54. The molecule has 0 aliphatic carbocycles. The molecule has 0 aromatic heterocycles.